The number of fused-ring (bicyclic) bond motifs is 2. The van der Waals surface area contributed by atoms with Crippen molar-refractivity contribution in [3.8, 4) is 11.6 Å². The summed E-state index contributed by atoms with van der Waals surface area (Å²) in [6.45, 7) is 2.75. The second-order valence-electron chi connectivity index (χ2n) is 9.66. The lowest BCUT2D eigenvalue weighted by atomic mass is 9.96. The standard InChI is InChI=1S/C26H29N6O9P/c1-3-38-23-20-22(29-25(27)30-23)31(14-28-20)24-26(2,36)21(35)18(40-24)13-39-32(12-11-19(33)34)42(37)41-17-10-6-8-15-7-4-5-9-16(15)17/h4-10,14,18,21,24,35-36H,3,11-13H2,1-2H3,(H2-,27,29,30,33,34)/p+1/t18-,21-,24-,26-/m1/s1. The number of carbonyl (C=O) groups is 1. The van der Waals surface area contributed by atoms with Crippen LogP contribution in [0.1, 0.15) is 26.5 Å². The van der Waals surface area contributed by atoms with E-state index in [2.05, 4.69) is 15.0 Å². The molecule has 2 aromatic heterocycles. The quantitative estimate of drug-likeness (QED) is 0.136. The predicted molar refractivity (Wildman–Crippen MR) is 149 cm³/mol. The number of hydrogen-bond donors (Lipinski definition) is 4. The van der Waals surface area contributed by atoms with Crippen LogP contribution in [-0.4, -0.2) is 83.2 Å². The molecule has 5 atom stereocenters. The third kappa shape index (κ3) is 5.83. The van der Waals surface area contributed by atoms with Gasteiger partial charge < -0.3 is 30.5 Å². The van der Waals surface area contributed by atoms with E-state index in [1.54, 1.807) is 25.1 Å². The fourth-order valence-electron chi connectivity index (χ4n) is 4.64. The number of hydrogen-bond acceptors (Lipinski definition) is 12. The van der Waals surface area contributed by atoms with Gasteiger partial charge in [-0.3, -0.25) is 14.2 Å². The first-order chi connectivity index (χ1) is 20.1. The third-order valence-electron chi connectivity index (χ3n) is 6.71. The molecular weight excluding hydrogens is 571 g/mol. The Bertz CT molecular complexity index is 1610. The highest BCUT2D eigenvalue weighted by molar-refractivity contribution is 7.36. The Kier molecular flexibility index (Phi) is 8.50. The van der Waals surface area contributed by atoms with Crippen molar-refractivity contribution < 1.29 is 43.5 Å². The molecule has 1 saturated heterocycles. The molecule has 2 aromatic carbocycles. The Balaban J connectivity index is 1.34. The minimum absolute atomic E-state index is 0.0881. The van der Waals surface area contributed by atoms with Crippen LogP contribution in [-0.2, 0) is 18.9 Å². The van der Waals surface area contributed by atoms with Crippen LogP contribution in [0.5, 0.6) is 11.6 Å². The first-order valence-corrected chi connectivity index (χ1v) is 14.2. The Hall–Kier alpha value is -3.98. The summed E-state index contributed by atoms with van der Waals surface area (Å²) in [5.41, 5.74) is 4.47. The first kappa shape index (κ1) is 29.5. The van der Waals surface area contributed by atoms with Gasteiger partial charge in [0.15, 0.2) is 23.1 Å². The molecule has 1 aliphatic rings. The molecule has 0 saturated carbocycles. The van der Waals surface area contributed by atoms with E-state index in [0.717, 1.165) is 10.2 Å². The summed E-state index contributed by atoms with van der Waals surface area (Å²) in [7, 11) is -2.73. The molecule has 42 heavy (non-hydrogen) atoms. The molecule has 3 heterocycles. The molecule has 5 N–H and O–H groups in total. The first-order valence-electron chi connectivity index (χ1n) is 13.0. The van der Waals surface area contributed by atoms with Crippen LogP contribution in [0.2, 0.25) is 0 Å². The van der Waals surface area contributed by atoms with Crippen molar-refractivity contribution in [1.29, 1.82) is 0 Å². The summed E-state index contributed by atoms with van der Waals surface area (Å²) in [5.74, 6) is -0.759. The average molecular weight is 602 g/mol. The molecule has 15 nitrogen and oxygen atoms in total. The number of nitrogen functional groups attached to an aromatic ring is 1. The van der Waals surface area contributed by atoms with E-state index in [1.165, 1.54) is 17.8 Å². The molecule has 222 valence electrons. The van der Waals surface area contributed by atoms with Gasteiger partial charge in [0.25, 0.3) is 0 Å². The molecule has 0 bridgehead atoms. The summed E-state index contributed by atoms with van der Waals surface area (Å²) in [6, 6.07) is 12.6. The van der Waals surface area contributed by atoms with Crippen LogP contribution in [0.15, 0.2) is 48.8 Å². The van der Waals surface area contributed by atoms with Crippen molar-refractivity contribution >= 4 is 42.0 Å². The Morgan fingerprint density at radius 2 is 2.00 bits per heavy atom. The number of carboxylic acid groups (broad SMARTS) is 1. The fourth-order valence-corrected chi connectivity index (χ4v) is 5.49. The maximum atomic E-state index is 13.2. The SMILES string of the molecule is CCOc1nc(N)nc2c1ncn2[C@@H]1O[C@H](CON(CCC(=O)O)[P+](=O)Oc2cccc3ccccc23)[C@@H](O)[C@@]1(C)O. The number of rotatable bonds is 12. The number of aliphatic hydroxyl groups is 2. The number of nitrogens with two attached hydrogens (primary N) is 1. The maximum Gasteiger partial charge on any atom is 0.692 e. The van der Waals surface area contributed by atoms with Crippen molar-refractivity contribution in [2.45, 2.75) is 44.3 Å². The summed E-state index contributed by atoms with van der Waals surface area (Å²) in [6.07, 6.45) is -2.86. The lowest BCUT2D eigenvalue weighted by molar-refractivity contribution is -0.152. The van der Waals surface area contributed by atoms with Crippen molar-refractivity contribution in [3.05, 3.63) is 48.8 Å². The van der Waals surface area contributed by atoms with E-state index in [9.17, 15) is 24.7 Å². The number of nitrogens with zero attached hydrogens (tertiary/aromatic N) is 5. The smallest absolute Gasteiger partial charge is 0.481 e. The summed E-state index contributed by atoms with van der Waals surface area (Å²) in [4.78, 5) is 30.4. The van der Waals surface area contributed by atoms with Gasteiger partial charge in [-0.1, -0.05) is 36.4 Å². The van der Waals surface area contributed by atoms with Crippen molar-refractivity contribution in [2.75, 3.05) is 25.5 Å². The summed E-state index contributed by atoms with van der Waals surface area (Å²) < 4.78 is 31.8. The van der Waals surface area contributed by atoms with Crippen LogP contribution in [0, 0.1) is 0 Å². The van der Waals surface area contributed by atoms with Gasteiger partial charge in [-0.25, -0.2) is 9.51 Å². The van der Waals surface area contributed by atoms with E-state index >= 15 is 0 Å². The van der Waals surface area contributed by atoms with E-state index in [4.69, 9.17) is 24.6 Å². The molecule has 0 spiro atoms. The number of aromatic nitrogens is 4. The number of ether oxygens (including phenoxy) is 2. The third-order valence-corrected chi connectivity index (χ3v) is 7.74. The molecule has 0 aliphatic carbocycles. The topological polar surface area (TPSA) is 205 Å². The second-order valence-corrected chi connectivity index (χ2v) is 10.8. The second kappa shape index (κ2) is 12.1. The lowest BCUT2D eigenvalue weighted by Gasteiger charge is -2.27. The molecular formula is C26H30N6O9P+. The number of benzene rings is 2. The Morgan fingerprint density at radius 3 is 2.76 bits per heavy atom. The number of aliphatic carboxylic acids is 1. The largest absolute Gasteiger partial charge is 0.692 e. The zero-order chi connectivity index (χ0) is 30.0. The fraction of sp³-hybridized carbons (Fsp3) is 0.385. The van der Waals surface area contributed by atoms with Crippen LogP contribution in [0.3, 0.4) is 0 Å². The van der Waals surface area contributed by atoms with Crippen molar-refractivity contribution in [1.82, 2.24) is 24.4 Å². The Labute approximate surface area is 240 Å². The normalized spacial score (nSPS) is 22.6. The molecule has 1 aliphatic heterocycles. The van der Waals surface area contributed by atoms with Crippen LogP contribution >= 0.6 is 8.18 Å². The molecule has 0 amide bonds. The van der Waals surface area contributed by atoms with Crippen LogP contribution in [0.25, 0.3) is 21.9 Å². The van der Waals surface area contributed by atoms with E-state index in [1.807, 2.05) is 24.3 Å². The van der Waals surface area contributed by atoms with Gasteiger partial charge in [0.05, 0.1) is 30.7 Å². The zero-order valence-electron chi connectivity index (χ0n) is 22.7. The number of hydroxylamine groups is 1. The minimum Gasteiger partial charge on any atom is -0.481 e. The molecule has 4 aromatic rings. The van der Waals surface area contributed by atoms with Gasteiger partial charge in [0, 0.05) is 9.95 Å². The predicted octanol–water partition coefficient (Wildman–Crippen LogP) is 2.41. The van der Waals surface area contributed by atoms with Gasteiger partial charge in [-0.05, 0) is 25.3 Å². The monoisotopic (exact) mass is 601 g/mol. The Morgan fingerprint density at radius 1 is 1.24 bits per heavy atom. The molecule has 0 radical (unpaired) electrons. The molecule has 5 rings (SSSR count). The lowest BCUT2D eigenvalue weighted by Crippen LogP contribution is -2.44. The van der Waals surface area contributed by atoms with Gasteiger partial charge in [-0.15, -0.1) is 0 Å². The van der Waals surface area contributed by atoms with Crippen LogP contribution < -0.4 is 15.0 Å². The van der Waals surface area contributed by atoms with Crippen LogP contribution in [0.4, 0.5) is 5.95 Å². The highest BCUT2D eigenvalue weighted by Crippen LogP contribution is 2.41. The number of carboxylic acids is 1. The summed E-state index contributed by atoms with van der Waals surface area (Å²) in [5, 5.41) is 33.0. The molecule has 16 heteroatoms. The number of imidazole rings is 1. The van der Waals surface area contributed by atoms with E-state index < -0.39 is 51.2 Å². The summed E-state index contributed by atoms with van der Waals surface area (Å²) >= 11 is 0. The van der Waals surface area contributed by atoms with Crippen molar-refractivity contribution in [2.24, 2.45) is 0 Å². The minimum atomic E-state index is -2.73. The highest BCUT2D eigenvalue weighted by atomic mass is 31.1. The number of anilines is 1. The average Bonchev–Trinajstić information content (AvgIpc) is 3.46. The van der Waals surface area contributed by atoms with Gasteiger partial charge in [-0.2, -0.15) is 9.97 Å². The maximum absolute atomic E-state index is 13.2. The van der Waals surface area contributed by atoms with Gasteiger partial charge in [0.2, 0.25) is 11.8 Å². The van der Waals surface area contributed by atoms with Gasteiger partial charge >= 0.3 is 14.1 Å². The number of aliphatic hydroxyl groups excluding tert-OH is 1. The van der Waals surface area contributed by atoms with E-state index in [-0.39, 0.29) is 29.5 Å². The highest BCUT2D eigenvalue weighted by Gasteiger charge is 2.54. The van der Waals surface area contributed by atoms with Gasteiger partial charge in [0.1, 0.15) is 24.4 Å². The molecule has 1 unspecified atom stereocenters. The zero-order valence-corrected chi connectivity index (χ0v) is 23.6. The molecule has 1 fully saturated rings. The van der Waals surface area contributed by atoms with Crippen molar-refractivity contribution in [3.63, 3.8) is 0 Å². The van der Waals surface area contributed by atoms with E-state index in [0.29, 0.717) is 17.7 Å².